The first-order chi connectivity index (χ1) is 9.60. The van der Waals surface area contributed by atoms with E-state index in [1.807, 2.05) is 0 Å². The summed E-state index contributed by atoms with van der Waals surface area (Å²) in [7, 11) is 1.23. The number of nitrogens with one attached hydrogen (secondary N) is 2. The monoisotopic (exact) mass is 279 g/mol. The molecule has 1 aromatic carbocycles. The fraction of sp³-hybridized carbons (Fsp3) is 0.0769. The number of methoxy groups -OCH3 is 1. The summed E-state index contributed by atoms with van der Waals surface area (Å²) in [5, 5.41) is 4.94. The van der Waals surface area contributed by atoms with E-state index in [1.165, 1.54) is 31.5 Å². The van der Waals surface area contributed by atoms with Crippen LogP contribution in [-0.2, 0) is 4.74 Å². The molecule has 0 aliphatic carbocycles. The molecule has 0 fully saturated rings. The SMILES string of the molecule is COC(=O)Nc1ccc(Nc2c(F)cccc2F)cn1. The van der Waals surface area contributed by atoms with Crippen molar-refractivity contribution < 1.29 is 18.3 Å². The Labute approximate surface area is 113 Å². The van der Waals surface area contributed by atoms with Crippen molar-refractivity contribution in [1.29, 1.82) is 0 Å². The Morgan fingerprint density at radius 1 is 1.20 bits per heavy atom. The predicted molar refractivity (Wildman–Crippen MR) is 69.9 cm³/mol. The van der Waals surface area contributed by atoms with Gasteiger partial charge in [-0.05, 0) is 24.3 Å². The van der Waals surface area contributed by atoms with Gasteiger partial charge in [0.2, 0.25) is 0 Å². The van der Waals surface area contributed by atoms with Crippen molar-refractivity contribution in [3.05, 3.63) is 48.2 Å². The molecule has 0 radical (unpaired) electrons. The molecule has 0 unspecified atom stereocenters. The summed E-state index contributed by atoms with van der Waals surface area (Å²) in [6, 6.07) is 6.55. The van der Waals surface area contributed by atoms with Gasteiger partial charge in [0.05, 0.1) is 19.0 Å². The number of para-hydroxylation sites is 1. The molecule has 0 atom stereocenters. The number of rotatable bonds is 3. The predicted octanol–water partition coefficient (Wildman–Crippen LogP) is 3.28. The maximum Gasteiger partial charge on any atom is 0.412 e. The van der Waals surface area contributed by atoms with E-state index in [1.54, 1.807) is 0 Å². The highest BCUT2D eigenvalue weighted by Gasteiger charge is 2.08. The number of anilines is 3. The molecule has 1 heterocycles. The molecule has 0 saturated carbocycles. The van der Waals surface area contributed by atoms with Gasteiger partial charge in [-0.1, -0.05) is 6.07 Å². The minimum Gasteiger partial charge on any atom is -0.453 e. The van der Waals surface area contributed by atoms with Crippen molar-refractivity contribution in [3.63, 3.8) is 0 Å². The number of pyridine rings is 1. The van der Waals surface area contributed by atoms with Gasteiger partial charge < -0.3 is 10.1 Å². The number of aromatic nitrogens is 1. The Morgan fingerprint density at radius 3 is 2.45 bits per heavy atom. The number of halogens is 2. The van der Waals surface area contributed by atoms with E-state index in [9.17, 15) is 13.6 Å². The molecule has 2 aromatic rings. The van der Waals surface area contributed by atoms with Crippen molar-refractivity contribution in [2.75, 3.05) is 17.7 Å². The zero-order chi connectivity index (χ0) is 14.5. The number of nitrogens with zero attached hydrogens (tertiary/aromatic N) is 1. The van der Waals surface area contributed by atoms with Crippen molar-refractivity contribution in [2.45, 2.75) is 0 Å². The summed E-state index contributed by atoms with van der Waals surface area (Å²) in [5.74, 6) is -1.15. The van der Waals surface area contributed by atoms with Crippen LogP contribution in [0.3, 0.4) is 0 Å². The Bertz CT molecular complexity index is 597. The highest BCUT2D eigenvalue weighted by Crippen LogP contribution is 2.23. The Morgan fingerprint density at radius 2 is 1.90 bits per heavy atom. The van der Waals surface area contributed by atoms with Crippen LogP contribution < -0.4 is 10.6 Å². The first kappa shape index (κ1) is 13.7. The minimum atomic E-state index is -0.707. The first-order valence-electron chi connectivity index (χ1n) is 5.62. The van der Waals surface area contributed by atoms with Gasteiger partial charge in [-0.25, -0.2) is 18.6 Å². The fourth-order valence-electron chi connectivity index (χ4n) is 1.46. The number of hydrogen-bond acceptors (Lipinski definition) is 4. The summed E-state index contributed by atoms with van der Waals surface area (Å²) < 4.78 is 31.3. The molecule has 1 amide bonds. The first-order valence-corrected chi connectivity index (χ1v) is 5.62. The second kappa shape index (κ2) is 5.96. The maximum atomic E-state index is 13.4. The standard InChI is InChI=1S/C13H11F2N3O2/c1-20-13(19)18-11-6-5-8(7-16-11)17-12-9(14)3-2-4-10(12)15/h2-7,17H,1H3,(H,16,18,19). The van der Waals surface area contributed by atoms with Crippen LogP contribution in [0.2, 0.25) is 0 Å². The molecular formula is C13H11F2N3O2. The van der Waals surface area contributed by atoms with Gasteiger partial charge in [-0.15, -0.1) is 0 Å². The highest BCUT2D eigenvalue weighted by molar-refractivity contribution is 5.83. The minimum absolute atomic E-state index is 0.261. The third-order valence-electron chi connectivity index (χ3n) is 2.41. The molecular weight excluding hydrogens is 268 g/mol. The molecule has 0 aliphatic heterocycles. The normalized spacial score (nSPS) is 9.95. The fourth-order valence-corrected chi connectivity index (χ4v) is 1.46. The van der Waals surface area contributed by atoms with E-state index < -0.39 is 17.7 Å². The summed E-state index contributed by atoms with van der Waals surface area (Å²) in [4.78, 5) is 14.9. The molecule has 0 saturated heterocycles. The lowest BCUT2D eigenvalue weighted by molar-refractivity contribution is 0.187. The van der Waals surface area contributed by atoms with Gasteiger partial charge in [0, 0.05) is 0 Å². The largest absolute Gasteiger partial charge is 0.453 e. The van der Waals surface area contributed by atoms with Gasteiger partial charge in [-0.3, -0.25) is 5.32 Å². The van der Waals surface area contributed by atoms with Gasteiger partial charge >= 0.3 is 6.09 Å². The molecule has 0 aliphatic rings. The average Bonchev–Trinajstić information content (AvgIpc) is 2.44. The van der Waals surface area contributed by atoms with Crippen LogP contribution in [0.1, 0.15) is 0 Å². The van der Waals surface area contributed by atoms with Crippen LogP contribution in [0.5, 0.6) is 0 Å². The summed E-state index contributed by atoms with van der Waals surface area (Å²) in [6.07, 6.45) is 0.676. The van der Waals surface area contributed by atoms with Crippen LogP contribution in [0.4, 0.5) is 30.8 Å². The molecule has 2 N–H and O–H groups in total. The second-order valence-corrected chi connectivity index (χ2v) is 3.77. The summed E-state index contributed by atoms with van der Waals surface area (Å²) in [6.45, 7) is 0. The number of ether oxygens (including phenoxy) is 1. The lowest BCUT2D eigenvalue weighted by atomic mass is 10.2. The van der Waals surface area contributed by atoms with E-state index >= 15 is 0 Å². The molecule has 104 valence electrons. The van der Waals surface area contributed by atoms with Crippen LogP contribution in [0, 0.1) is 11.6 Å². The molecule has 5 nitrogen and oxygen atoms in total. The lowest BCUT2D eigenvalue weighted by Crippen LogP contribution is -2.12. The van der Waals surface area contributed by atoms with Crippen molar-refractivity contribution >= 4 is 23.3 Å². The highest BCUT2D eigenvalue weighted by atomic mass is 19.1. The second-order valence-electron chi connectivity index (χ2n) is 3.77. The van der Waals surface area contributed by atoms with E-state index in [0.29, 0.717) is 5.69 Å². The molecule has 2 rings (SSSR count). The van der Waals surface area contributed by atoms with Crippen LogP contribution in [0.15, 0.2) is 36.5 Å². The molecule has 1 aromatic heterocycles. The molecule has 20 heavy (non-hydrogen) atoms. The van der Waals surface area contributed by atoms with E-state index in [0.717, 1.165) is 12.1 Å². The van der Waals surface area contributed by atoms with E-state index in [4.69, 9.17) is 0 Å². The zero-order valence-electron chi connectivity index (χ0n) is 10.5. The Hall–Kier alpha value is -2.70. The van der Waals surface area contributed by atoms with Gasteiger partial charge in [0.15, 0.2) is 0 Å². The number of hydrogen-bond donors (Lipinski definition) is 2. The lowest BCUT2D eigenvalue weighted by Gasteiger charge is -2.09. The summed E-state index contributed by atoms with van der Waals surface area (Å²) in [5.41, 5.74) is 0.118. The molecule has 0 spiro atoms. The maximum absolute atomic E-state index is 13.4. The van der Waals surface area contributed by atoms with Gasteiger partial charge in [-0.2, -0.15) is 0 Å². The van der Waals surface area contributed by atoms with Crippen LogP contribution >= 0.6 is 0 Å². The smallest absolute Gasteiger partial charge is 0.412 e. The third-order valence-corrected chi connectivity index (χ3v) is 2.41. The summed E-state index contributed by atoms with van der Waals surface area (Å²) >= 11 is 0. The van der Waals surface area contributed by atoms with Crippen LogP contribution in [0.25, 0.3) is 0 Å². The quantitative estimate of drug-likeness (QED) is 0.905. The Kier molecular flexibility index (Phi) is 4.09. The van der Waals surface area contributed by atoms with Crippen LogP contribution in [-0.4, -0.2) is 18.2 Å². The van der Waals surface area contributed by atoms with Gasteiger partial charge in [0.25, 0.3) is 0 Å². The molecule has 0 bridgehead atoms. The van der Waals surface area contributed by atoms with E-state index in [-0.39, 0.29) is 11.5 Å². The van der Waals surface area contributed by atoms with Crippen molar-refractivity contribution in [3.8, 4) is 0 Å². The Balaban J connectivity index is 2.13. The van der Waals surface area contributed by atoms with Crippen molar-refractivity contribution in [1.82, 2.24) is 4.98 Å². The number of amides is 1. The number of carbonyl (C=O) groups excluding carboxylic acids is 1. The van der Waals surface area contributed by atoms with Gasteiger partial charge in [0.1, 0.15) is 23.1 Å². The van der Waals surface area contributed by atoms with Crippen molar-refractivity contribution in [2.24, 2.45) is 0 Å². The average molecular weight is 279 g/mol. The molecule has 7 heteroatoms. The van der Waals surface area contributed by atoms with E-state index in [2.05, 4.69) is 20.4 Å². The number of carbonyl (C=O) groups is 1. The third kappa shape index (κ3) is 3.19. The topological polar surface area (TPSA) is 63.2 Å². The zero-order valence-corrected chi connectivity index (χ0v) is 10.5. The number of benzene rings is 1.